The van der Waals surface area contributed by atoms with Gasteiger partial charge in [-0.15, -0.1) is 0 Å². The highest BCUT2D eigenvalue weighted by Crippen LogP contribution is 2.36. The van der Waals surface area contributed by atoms with Crippen molar-refractivity contribution in [3.05, 3.63) is 40.8 Å². The van der Waals surface area contributed by atoms with Crippen LogP contribution in [0.15, 0.2) is 39.5 Å². The van der Waals surface area contributed by atoms with Crippen LogP contribution in [0, 0.1) is 0 Å². The van der Waals surface area contributed by atoms with Crippen LogP contribution in [0.5, 0.6) is 5.75 Å². The van der Waals surface area contributed by atoms with Gasteiger partial charge in [0.15, 0.2) is 0 Å². The van der Waals surface area contributed by atoms with Crippen LogP contribution < -0.4 is 10.4 Å². The highest BCUT2D eigenvalue weighted by atomic mass is 16.5. The Balaban J connectivity index is 1.56. The predicted octanol–water partition coefficient (Wildman–Crippen LogP) is 2.80. The van der Waals surface area contributed by atoms with Gasteiger partial charge in [0.2, 0.25) is 0 Å². The van der Waals surface area contributed by atoms with E-state index in [1.54, 1.807) is 6.07 Å². The van der Waals surface area contributed by atoms with E-state index in [1.165, 1.54) is 18.9 Å². The van der Waals surface area contributed by atoms with Crippen molar-refractivity contribution >= 4 is 11.0 Å². The fourth-order valence-electron chi connectivity index (χ4n) is 3.76. The zero-order valence-corrected chi connectivity index (χ0v) is 12.1. The third-order valence-electron chi connectivity index (χ3n) is 4.95. The molecule has 0 unspecified atom stereocenters. The summed E-state index contributed by atoms with van der Waals surface area (Å²) in [5.74, 6) is 0.797. The van der Waals surface area contributed by atoms with E-state index in [-0.39, 0.29) is 11.7 Å². The van der Waals surface area contributed by atoms with Crippen molar-refractivity contribution in [3.63, 3.8) is 0 Å². The van der Waals surface area contributed by atoms with E-state index in [0.717, 1.165) is 24.0 Å². The molecule has 21 heavy (non-hydrogen) atoms. The molecule has 2 fully saturated rings. The summed E-state index contributed by atoms with van der Waals surface area (Å²) in [7, 11) is 2.23. The van der Waals surface area contributed by atoms with E-state index in [4.69, 9.17) is 9.15 Å². The van der Waals surface area contributed by atoms with E-state index in [0.29, 0.717) is 17.7 Å². The lowest BCUT2D eigenvalue weighted by molar-refractivity contribution is 0.0662. The molecule has 2 aliphatic rings. The second-order valence-corrected chi connectivity index (χ2v) is 6.22. The van der Waals surface area contributed by atoms with Gasteiger partial charge in [0.05, 0.1) is 0 Å². The summed E-state index contributed by atoms with van der Waals surface area (Å²) in [5, 5.41) is 0.922. The minimum atomic E-state index is -0.322. The van der Waals surface area contributed by atoms with Gasteiger partial charge < -0.3 is 14.1 Å². The highest BCUT2D eigenvalue weighted by Gasteiger charge is 2.39. The van der Waals surface area contributed by atoms with Gasteiger partial charge in [0.1, 0.15) is 17.4 Å². The van der Waals surface area contributed by atoms with Gasteiger partial charge in [0.25, 0.3) is 0 Å². The van der Waals surface area contributed by atoms with Crippen LogP contribution >= 0.6 is 0 Å². The van der Waals surface area contributed by atoms with Gasteiger partial charge in [-0.05, 0) is 50.9 Å². The average molecular weight is 285 g/mol. The topological polar surface area (TPSA) is 42.7 Å². The third kappa shape index (κ3) is 2.33. The minimum absolute atomic E-state index is 0.270. The Morgan fingerprint density at radius 1 is 1.14 bits per heavy atom. The summed E-state index contributed by atoms with van der Waals surface area (Å²) in [6.07, 6.45) is 5.01. The largest absolute Gasteiger partial charge is 0.490 e. The molecule has 2 saturated heterocycles. The van der Waals surface area contributed by atoms with Crippen LogP contribution in [0.3, 0.4) is 0 Å². The van der Waals surface area contributed by atoms with Gasteiger partial charge in [0, 0.05) is 29.6 Å². The molecule has 0 spiro atoms. The first-order valence-corrected chi connectivity index (χ1v) is 7.61. The van der Waals surface area contributed by atoms with Crippen LogP contribution in [-0.2, 0) is 0 Å². The van der Waals surface area contributed by atoms with Crippen LogP contribution in [0.4, 0.5) is 0 Å². The van der Waals surface area contributed by atoms with E-state index in [9.17, 15) is 4.79 Å². The lowest BCUT2D eigenvalue weighted by atomic mass is 10.0. The summed E-state index contributed by atoms with van der Waals surface area (Å²) in [6.45, 7) is 0. The monoisotopic (exact) mass is 285 g/mol. The van der Waals surface area contributed by atoms with E-state index in [1.807, 2.05) is 18.2 Å². The molecule has 1 aromatic heterocycles. The number of nitrogens with zero attached hydrogens (tertiary/aromatic N) is 1. The number of rotatable bonds is 2. The maximum Gasteiger partial charge on any atom is 0.336 e. The Hall–Kier alpha value is -1.81. The molecule has 0 saturated carbocycles. The Labute approximate surface area is 123 Å². The van der Waals surface area contributed by atoms with Crippen molar-refractivity contribution in [2.24, 2.45) is 0 Å². The van der Waals surface area contributed by atoms with Crippen LogP contribution in [0.25, 0.3) is 11.0 Å². The number of hydrogen-bond donors (Lipinski definition) is 0. The molecular formula is C17H19NO3. The van der Waals surface area contributed by atoms with Crippen LogP contribution in [0.1, 0.15) is 25.7 Å². The summed E-state index contributed by atoms with van der Waals surface area (Å²) >= 11 is 0. The number of fused-ring (bicyclic) bond motifs is 3. The Morgan fingerprint density at radius 2 is 1.86 bits per heavy atom. The van der Waals surface area contributed by atoms with Gasteiger partial charge in [-0.3, -0.25) is 0 Å². The molecule has 0 radical (unpaired) electrons. The van der Waals surface area contributed by atoms with Gasteiger partial charge in [-0.25, -0.2) is 4.79 Å². The van der Waals surface area contributed by atoms with Crippen molar-refractivity contribution in [1.82, 2.24) is 4.90 Å². The van der Waals surface area contributed by atoms with Crippen molar-refractivity contribution in [3.8, 4) is 5.75 Å². The minimum Gasteiger partial charge on any atom is -0.490 e. The number of benzene rings is 1. The Morgan fingerprint density at radius 3 is 2.62 bits per heavy atom. The molecule has 0 amide bonds. The zero-order valence-electron chi connectivity index (χ0n) is 12.1. The first-order chi connectivity index (χ1) is 10.2. The summed E-state index contributed by atoms with van der Waals surface area (Å²) in [4.78, 5) is 13.8. The molecule has 4 heteroatoms. The molecule has 2 aromatic rings. The Bertz CT molecular complexity index is 709. The van der Waals surface area contributed by atoms with E-state index >= 15 is 0 Å². The fourth-order valence-corrected chi connectivity index (χ4v) is 3.76. The van der Waals surface area contributed by atoms with E-state index < -0.39 is 0 Å². The smallest absolute Gasteiger partial charge is 0.336 e. The van der Waals surface area contributed by atoms with Crippen molar-refractivity contribution in [2.45, 2.75) is 43.9 Å². The second kappa shape index (κ2) is 4.88. The summed E-state index contributed by atoms with van der Waals surface area (Å²) < 4.78 is 11.4. The molecule has 4 nitrogen and oxygen atoms in total. The molecule has 110 valence electrons. The zero-order chi connectivity index (χ0) is 14.4. The van der Waals surface area contributed by atoms with Gasteiger partial charge in [-0.1, -0.05) is 0 Å². The van der Waals surface area contributed by atoms with Crippen LogP contribution in [0.2, 0.25) is 0 Å². The second-order valence-electron chi connectivity index (χ2n) is 6.22. The van der Waals surface area contributed by atoms with Crippen LogP contribution in [-0.4, -0.2) is 30.1 Å². The first-order valence-electron chi connectivity index (χ1n) is 7.61. The normalized spacial score (nSPS) is 28.9. The third-order valence-corrected chi connectivity index (χ3v) is 4.95. The molecule has 2 atom stereocenters. The standard InChI is InChI=1S/C17H19NO3/c1-18-12-4-5-13(18)9-15(8-12)20-14-6-2-11-3-7-17(19)21-16(11)10-14/h2-3,6-7,10,12-13,15H,4-5,8-9H2,1H3/t12-,13-/m0/s1. The SMILES string of the molecule is CN1[C@H]2CC[C@H]1CC(Oc1ccc3ccc(=O)oc3c1)C2. The highest BCUT2D eigenvalue weighted by molar-refractivity contribution is 5.77. The number of piperidine rings is 1. The molecule has 1 aromatic carbocycles. The summed E-state index contributed by atoms with van der Waals surface area (Å²) in [6, 6.07) is 10.3. The molecule has 2 aliphatic heterocycles. The predicted molar refractivity (Wildman–Crippen MR) is 80.7 cm³/mol. The van der Waals surface area contributed by atoms with Gasteiger partial charge in [-0.2, -0.15) is 0 Å². The molecule has 3 heterocycles. The number of hydrogen-bond acceptors (Lipinski definition) is 4. The molecular weight excluding hydrogens is 266 g/mol. The Kier molecular flexibility index (Phi) is 3.00. The quantitative estimate of drug-likeness (QED) is 0.796. The lowest BCUT2D eigenvalue weighted by Crippen LogP contribution is -2.43. The van der Waals surface area contributed by atoms with Crippen molar-refractivity contribution < 1.29 is 9.15 Å². The first kappa shape index (κ1) is 12.9. The molecule has 0 N–H and O–H groups in total. The van der Waals surface area contributed by atoms with Crippen molar-refractivity contribution in [1.29, 1.82) is 0 Å². The molecule has 2 bridgehead atoms. The molecule has 0 aliphatic carbocycles. The van der Waals surface area contributed by atoms with Gasteiger partial charge >= 0.3 is 5.63 Å². The fraction of sp³-hybridized carbons (Fsp3) is 0.471. The number of ether oxygens (including phenoxy) is 1. The summed E-state index contributed by atoms with van der Waals surface area (Å²) in [5.41, 5.74) is 0.271. The maximum atomic E-state index is 11.3. The van der Waals surface area contributed by atoms with Crippen molar-refractivity contribution in [2.75, 3.05) is 7.05 Å². The molecule has 4 rings (SSSR count). The maximum absolute atomic E-state index is 11.3. The van der Waals surface area contributed by atoms with E-state index in [2.05, 4.69) is 11.9 Å². The average Bonchev–Trinajstić information content (AvgIpc) is 2.70. The lowest BCUT2D eigenvalue weighted by Gasteiger charge is -2.36.